The number of nitrogens with zero attached hydrogens (tertiary/aromatic N) is 3. The molecule has 3 heterocycles. The lowest BCUT2D eigenvalue weighted by Gasteiger charge is -2.46. The Hall–Kier alpha value is -1.53. The summed E-state index contributed by atoms with van der Waals surface area (Å²) >= 11 is 0. The molecule has 0 saturated carbocycles. The molecule has 1 aliphatic rings. The molecule has 3 rings (SSSR count). The predicted molar refractivity (Wildman–Crippen MR) is 90.0 cm³/mol. The Labute approximate surface area is 132 Å². The van der Waals surface area contributed by atoms with Gasteiger partial charge < -0.3 is 9.30 Å². The van der Waals surface area contributed by atoms with Gasteiger partial charge in [0.1, 0.15) is 0 Å². The maximum absolute atomic E-state index is 12.0. The first-order valence-corrected chi connectivity index (χ1v) is 9.33. The second-order valence-corrected chi connectivity index (χ2v) is 8.68. The van der Waals surface area contributed by atoms with E-state index in [0.29, 0.717) is 19.6 Å². The van der Waals surface area contributed by atoms with Gasteiger partial charge in [0.15, 0.2) is 0 Å². The monoisotopic (exact) mass is 321 g/mol. The van der Waals surface area contributed by atoms with Crippen molar-refractivity contribution in [3.05, 3.63) is 36.2 Å². The Kier molecular flexibility index (Phi) is 3.49. The molecule has 0 spiro atoms. The fourth-order valence-electron chi connectivity index (χ4n) is 3.48. The molecule has 2 aromatic heterocycles. The SMILES string of the molecule is Cc1cc(N2CCN(S(C)(=O)=O)C(C)(C)C2)c2cccn2c1. The highest BCUT2D eigenvalue weighted by atomic mass is 32.2. The summed E-state index contributed by atoms with van der Waals surface area (Å²) in [4.78, 5) is 2.30. The highest BCUT2D eigenvalue weighted by Gasteiger charge is 2.39. The fraction of sp³-hybridized carbons (Fsp3) is 0.500. The number of aryl methyl sites for hydroxylation is 1. The summed E-state index contributed by atoms with van der Waals surface area (Å²) in [5, 5.41) is 0. The minimum absolute atomic E-state index is 0.417. The Balaban J connectivity index is 1.99. The Morgan fingerprint density at radius 3 is 2.59 bits per heavy atom. The van der Waals surface area contributed by atoms with Crippen LogP contribution in [0.15, 0.2) is 30.6 Å². The van der Waals surface area contributed by atoms with Crippen LogP contribution < -0.4 is 4.90 Å². The van der Waals surface area contributed by atoms with E-state index in [4.69, 9.17) is 0 Å². The predicted octanol–water partition coefficient (Wildman–Crippen LogP) is 2.11. The molecule has 5 nitrogen and oxygen atoms in total. The Morgan fingerprint density at radius 1 is 1.23 bits per heavy atom. The molecule has 0 atom stereocenters. The van der Waals surface area contributed by atoms with Crippen molar-refractivity contribution in [1.82, 2.24) is 8.71 Å². The molecule has 0 unspecified atom stereocenters. The van der Waals surface area contributed by atoms with Gasteiger partial charge in [-0.3, -0.25) is 0 Å². The van der Waals surface area contributed by atoms with E-state index >= 15 is 0 Å². The molecule has 2 aromatic rings. The molecule has 22 heavy (non-hydrogen) atoms. The smallest absolute Gasteiger partial charge is 0.211 e. The third kappa shape index (κ3) is 2.61. The van der Waals surface area contributed by atoms with Crippen LogP contribution in [-0.2, 0) is 10.0 Å². The zero-order chi connectivity index (χ0) is 16.1. The first kappa shape index (κ1) is 15.4. The number of aromatic nitrogens is 1. The summed E-state index contributed by atoms with van der Waals surface area (Å²) in [5.41, 5.74) is 3.11. The standard InChI is InChI=1S/C16H23N3O2S/c1-13-10-15(14-6-5-7-17(14)11-13)18-8-9-19(22(4,20)21)16(2,3)12-18/h5-7,10-11H,8-9,12H2,1-4H3. The normalized spacial score (nSPS) is 19.7. The average molecular weight is 321 g/mol. The second kappa shape index (κ2) is 4.99. The van der Waals surface area contributed by atoms with Crippen molar-refractivity contribution in [2.45, 2.75) is 26.3 Å². The van der Waals surface area contributed by atoms with E-state index < -0.39 is 15.6 Å². The molecule has 1 aliphatic heterocycles. The number of fused-ring (bicyclic) bond motifs is 1. The van der Waals surface area contributed by atoms with E-state index in [0.717, 1.165) is 5.52 Å². The highest BCUT2D eigenvalue weighted by molar-refractivity contribution is 7.88. The topological polar surface area (TPSA) is 45.0 Å². The molecule has 0 bridgehead atoms. The maximum Gasteiger partial charge on any atom is 0.211 e. The molecular weight excluding hydrogens is 298 g/mol. The van der Waals surface area contributed by atoms with Crippen molar-refractivity contribution in [3.63, 3.8) is 0 Å². The van der Waals surface area contributed by atoms with E-state index in [2.05, 4.69) is 34.6 Å². The molecule has 0 radical (unpaired) electrons. The lowest BCUT2D eigenvalue weighted by Crippen LogP contribution is -2.60. The van der Waals surface area contributed by atoms with E-state index in [9.17, 15) is 8.42 Å². The minimum Gasteiger partial charge on any atom is -0.367 e. The zero-order valence-electron chi connectivity index (χ0n) is 13.6. The van der Waals surface area contributed by atoms with Crippen LogP contribution in [0.3, 0.4) is 0 Å². The number of hydrogen-bond donors (Lipinski definition) is 0. The number of anilines is 1. The van der Waals surface area contributed by atoms with Crippen molar-refractivity contribution in [1.29, 1.82) is 0 Å². The van der Waals surface area contributed by atoms with E-state index in [1.165, 1.54) is 17.5 Å². The van der Waals surface area contributed by atoms with Gasteiger partial charge in [-0.15, -0.1) is 0 Å². The number of sulfonamides is 1. The Bertz CT molecular complexity index is 808. The van der Waals surface area contributed by atoms with Crippen LogP contribution in [0.5, 0.6) is 0 Å². The van der Waals surface area contributed by atoms with Gasteiger partial charge in [0, 0.05) is 37.6 Å². The van der Waals surface area contributed by atoms with Crippen molar-refractivity contribution < 1.29 is 8.42 Å². The van der Waals surface area contributed by atoms with Crippen LogP contribution in [0.25, 0.3) is 5.52 Å². The van der Waals surface area contributed by atoms with Crippen molar-refractivity contribution in [2.24, 2.45) is 0 Å². The number of piperazine rings is 1. The van der Waals surface area contributed by atoms with Crippen molar-refractivity contribution >= 4 is 21.2 Å². The molecule has 0 aromatic carbocycles. The third-order valence-corrected chi connectivity index (χ3v) is 5.79. The fourth-order valence-corrected chi connectivity index (χ4v) is 4.85. The molecular formula is C16H23N3O2S. The summed E-state index contributed by atoms with van der Waals surface area (Å²) < 4.78 is 27.7. The van der Waals surface area contributed by atoms with Crippen LogP contribution >= 0.6 is 0 Å². The number of pyridine rings is 1. The first-order chi connectivity index (χ1) is 10.2. The summed E-state index contributed by atoms with van der Waals surface area (Å²) in [6, 6.07) is 6.32. The summed E-state index contributed by atoms with van der Waals surface area (Å²) in [5.74, 6) is 0. The molecule has 0 aliphatic carbocycles. The van der Waals surface area contributed by atoms with E-state index in [-0.39, 0.29) is 0 Å². The van der Waals surface area contributed by atoms with Gasteiger partial charge in [-0.25, -0.2) is 8.42 Å². The van der Waals surface area contributed by atoms with Gasteiger partial charge in [0.05, 0.1) is 17.5 Å². The molecule has 1 saturated heterocycles. The summed E-state index contributed by atoms with van der Waals surface area (Å²) in [6.45, 7) is 7.98. The van der Waals surface area contributed by atoms with Crippen LogP contribution in [-0.4, -0.2) is 48.6 Å². The van der Waals surface area contributed by atoms with Gasteiger partial charge in [-0.2, -0.15) is 4.31 Å². The van der Waals surface area contributed by atoms with Gasteiger partial charge in [-0.05, 0) is 44.5 Å². The zero-order valence-corrected chi connectivity index (χ0v) is 14.4. The van der Waals surface area contributed by atoms with Crippen LogP contribution in [0, 0.1) is 6.92 Å². The number of rotatable bonds is 2. The van der Waals surface area contributed by atoms with Gasteiger partial charge in [0.2, 0.25) is 10.0 Å². The molecule has 120 valence electrons. The molecule has 1 fully saturated rings. The highest BCUT2D eigenvalue weighted by Crippen LogP contribution is 2.30. The minimum atomic E-state index is -3.18. The van der Waals surface area contributed by atoms with Crippen molar-refractivity contribution in [3.8, 4) is 0 Å². The summed E-state index contributed by atoms with van der Waals surface area (Å²) in [6.07, 6.45) is 5.45. The third-order valence-electron chi connectivity index (χ3n) is 4.32. The second-order valence-electron chi connectivity index (χ2n) is 6.77. The average Bonchev–Trinajstić information content (AvgIpc) is 2.82. The first-order valence-electron chi connectivity index (χ1n) is 7.48. The van der Waals surface area contributed by atoms with Crippen LogP contribution in [0.2, 0.25) is 0 Å². The van der Waals surface area contributed by atoms with E-state index in [1.54, 1.807) is 4.31 Å². The number of hydrogen-bond acceptors (Lipinski definition) is 3. The Morgan fingerprint density at radius 2 is 1.95 bits per heavy atom. The maximum atomic E-state index is 12.0. The van der Waals surface area contributed by atoms with Crippen LogP contribution in [0.1, 0.15) is 19.4 Å². The lowest BCUT2D eigenvalue weighted by molar-refractivity contribution is 0.206. The van der Waals surface area contributed by atoms with Crippen LogP contribution in [0.4, 0.5) is 5.69 Å². The lowest BCUT2D eigenvalue weighted by atomic mass is 10.0. The molecule has 0 amide bonds. The van der Waals surface area contributed by atoms with Gasteiger partial charge in [0.25, 0.3) is 0 Å². The summed E-state index contributed by atoms with van der Waals surface area (Å²) in [7, 11) is -3.18. The molecule has 6 heteroatoms. The van der Waals surface area contributed by atoms with Gasteiger partial charge in [-0.1, -0.05) is 0 Å². The van der Waals surface area contributed by atoms with E-state index in [1.807, 2.05) is 26.1 Å². The quantitative estimate of drug-likeness (QED) is 0.851. The van der Waals surface area contributed by atoms with Crippen molar-refractivity contribution in [2.75, 3.05) is 30.8 Å². The van der Waals surface area contributed by atoms with Gasteiger partial charge >= 0.3 is 0 Å². The largest absolute Gasteiger partial charge is 0.367 e. The molecule has 0 N–H and O–H groups in total.